The van der Waals surface area contributed by atoms with Gasteiger partial charge in [-0.3, -0.25) is 4.79 Å². The van der Waals surface area contributed by atoms with Crippen LogP contribution in [0.1, 0.15) is 125 Å². The second-order valence-electron chi connectivity index (χ2n) is 12.7. The molecule has 0 bridgehead atoms. The normalized spacial score (nSPS) is 23.9. The standard InChI is InChI=1S/C31H48N4O3S/c1-6-17-31(3,4)18-7-8-26-21-27(28(39-26)30(37)38-5)35(29(36)23-11-9-22(2)10-12-23)25-15-13-24(14-16-25)34-20-19-32-33-34/h19-25H,6-18H2,1-5H3. The highest BCUT2D eigenvalue weighted by Crippen LogP contribution is 2.41. The summed E-state index contributed by atoms with van der Waals surface area (Å²) in [7, 11) is 1.44. The Kier molecular flexibility index (Phi) is 10.2. The van der Waals surface area contributed by atoms with Crippen LogP contribution in [0.3, 0.4) is 0 Å². The van der Waals surface area contributed by atoms with Gasteiger partial charge in [0.1, 0.15) is 4.88 Å². The van der Waals surface area contributed by atoms with Gasteiger partial charge in [-0.25, -0.2) is 9.48 Å². The van der Waals surface area contributed by atoms with E-state index in [4.69, 9.17) is 4.74 Å². The molecule has 2 saturated carbocycles. The minimum absolute atomic E-state index is 0.0259. The molecule has 0 saturated heterocycles. The molecule has 0 aromatic carbocycles. The van der Waals surface area contributed by atoms with E-state index in [2.05, 4.69) is 44.1 Å². The number of hydrogen-bond donors (Lipinski definition) is 0. The van der Waals surface area contributed by atoms with E-state index >= 15 is 0 Å². The van der Waals surface area contributed by atoms with Gasteiger partial charge in [0.2, 0.25) is 5.91 Å². The maximum Gasteiger partial charge on any atom is 0.350 e. The monoisotopic (exact) mass is 556 g/mol. The minimum atomic E-state index is -0.334. The molecular weight excluding hydrogens is 508 g/mol. The number of thiophene rings is 1. The van der Waals surface area contributed by atoms with E-state index in [0.29, 0.717) is 22.3 Å². The fourth-order valence-corrected chi connectivity index (χ4v) is 7.81. The molecule has 2 fully saturated rings. The van der Waals surface area contributed by atoms with Crippen LogP contribution in [0.15, 0.2) is 18.5 Å². The molecule has 1 amide bonds. The molecule has 2 aromatic heterocycles. The Morgan fingerprint density at radius 3 is 2.44 bits per heavy atom. The van der Waals surface area contributed by atoms with Crippen LogP contribution in [0, 0.1) is 17.3 Å². The smallest absolute Gasteiger partial charge is 0.350 e. The van der Waals surface area contributed by atoms with Crippen LogP contribution >= 0.6 is 11.3 Å². The molecule has 0 radical (unpaired) electrons. The quantitative estimate of drug-likeness (QED) is 0.266. The number of amides is 1. The van der Waals surface area contributed by atoms with Crippen molar-refractivity contribution >= 4 is 28.9 Å². The predicted molar refractivity (Wildman–Crippen MR) is 157 cm³/mol. The third-order valence-corrected chi connectivity index (χ3v) is 10.2. The van der Waals surface area contributed by atoms with Crippen molar-refractivity contribution in [3.05, 3.63) is 28.2 Å². The van der Waals surface area contributed by atoms with Crippen molar-refractivity contribution in [2.75, 3.05) is 12.0 Å². The first-order valence-electron chi connectivity index (χ1n) is 15.1. The van der Waals surface area contributed by atoms with Gasteiger partial charge in [0.05, 0.1) is 25.0 Å². The molecule has 2 aromatic rings. The first kappa shape index (κ1) is 29.8. The topological polar surface area (TPSA) is 77.3 Å². The van der Waals surface area contributed by atoms with Crippen LogP contribution in [0.25, 0.3) is 0 Å². The van der Waals surface area contributed by atoms with Gasteiger partial charge in [0.15, 0.2) is 0 Å². The van der Waals surface area contributed by atoms with Gasteiger partial charge in [-0.2, -0.15) is 0 Å². The summed E-state index contributed by atoms with van der Waals surface area (Å²) in [5, 5.41) is 8.21. The highest BCUT2D eigenvalue weighted by atomic mass is 32.1. The maximum atomic E-state index is 14.3. The Balaban J connectivity index is 1.59. The maximum absolute atomic E-state index is 14.3. The van der Waals surface area contributed by atoms with E-state index in [9.17, 15) is 9.59 Å². The summed E-state index contributed by atoms with van der Waals surface area (Å²) in [5.74, 6) is 0.567. The molecule has 0 unspecified atom stereocenters. The second kappa shape index (κ2) is 13.4. The number of aromatic nitrogens is 3. The lowest BCUT2D eigenvalue weighted by Crippen LogP contribution is -2.46. The lowest BCUT2D eigenvalue weighted by molar-refractivity contribution is -0.124. The fourth-order valence-electron chi connectivity index (χ4n) is 6.71. The Labute approximate surface area is 238 Å². The van der Waals surface area contributed by atoms with Crippen molar-refractivity contribution in [1.82, 2.24) is 15.0 Å². The van der Waals surface area contributed by atoms with Crippen molar-refractivity contribution in [2.45, 2.75) is 123 Å². The average Bonchev–Trinajstić information content (AvgIpc) is 3.60. The molecule has 0 spiro atoms. The average molecular weight is 557 g/mol. The van der Waals surface area contributed by atoms with Crippen LogP contribution in [-0.4, -0.2) is 40.0 Å². The Hall–Kier alpha value is -2.22. The van der Waals surface area contributed by atoms with E-state index in [1.807, 2.05) is 15.8 Å². The van der Waals surface area contributed by atoms with Crippen molar-refractivity contribution < 1.29 is 14.3 Å². The number of rotatable bonds is 11. The summed E-state index contributed by atoms with van der Waals surface area (Å²) in [4.78, 5) is 31.1. The van der Waals surface area contributed by atoms with Gasteiger partial charge in [0, 0.05) is 23.0 Å². The van der Waals surface area contributed by atoms with Crippen molar-refractivity contribution in [3.8, 4) is 0 Å². The van der Waals surface area contributed by atoms with Gasteiger partial charge in [-0.05, 0) is 94.4 Å². The third-order valence-electron chi connectivity index (χ3n) is 9.05. The molecule has 8 heteroatoms. The molecular formula is C31H48N4O3S. The third kappa shape index (κ3) is 7.50. The zero-order valence-electron chi connectivity index (χ0n) is 24.7. The predicted octanol–water partition coefficient (Wildman–Crippen LogP) is 7.62. The first-order valence-corrected chi connectivity index (χ1v) is 15.9. The van der Waals surface area contributed by atoms with Crippen molar-refractivity contribution in [3.63, 3.8) is 0 Å². The van der Waals surface area contributed by atoms with Crippen LogP contribution in [-0.2, 0) is 16.0 Å². The number of nitrogens with zero attached hydrogens (tertiary/aromatic N) is 4. The van der Waals surface area contributed by atoms with Gasteiger partial charge < -0.3 is 9.64 Å². The molecule has 0 atom stereocenters. The summed E-state index contributed by atoms with van der Waals surface area (Å²) < 4.78 is 7.19. The molecule has 39 heavy (non-hydrogen) atoms. The highest BCUT2D eigenvalue weighted by molar-refractivity contribution is 7.14. The summed E-state index contributed by atoms with van der Waals surface area (Å²) in [6.45, 7) is 9.22. The van der Waals surface area contributed by atoms with E-state index < -0.39 is 0 Å². The number of aryl methyl sites for hydroxylation is 1. The lowest BCUT2D eigenvalue weighted by Gasteiger charge is -2.39. The number of methoxy groups -OCH3 is 1. The van der Waals surface area contributed by atoms with Crippen molar-refractivity contribution in [1.29, 1.82) is 0 Å². The zero-order valence-corrected chi connectivity index (χ0v) is 25.5. The number of carbonyl (C=O) groups is 2. The lowest BCUT2D eigenvalue weighted by atomic mass is 9.81. The molecule has 0 aliphatic heterocycles. The van der Waals surface area contributed by atoms with Crippen molar-refractivity contribution in [2.24, 2.45) is 17.3 Å². The molecule has 216 valence electrons. The van der Waals surface area contributed by atoms with Gasteiger partial charge in [-0.1, -0.05) is 39.3 Å². The first-order chi connectivity index (χ1) is 18.7. The zero-order chi connectivity index (χ0) is 28.0. The van der Waals surface area contributed by atoms with Crippen LogP contribution in [0.2, 0.25) is 0 Å². The fraction of sp³-hybridized carbons (Fsp3) is 0.742. The molecule has 2 aliphatic carbocycles. The Morgan fingerprint density at radius 1 is 1.10 bits per heavy atom. The van der Waals surface area contributed by atoms with Crippen LogP contribution < -0.4 is 4.90 Å². The number of anilines is 1. The summed E-state index contributed by atoms with van der Waals surface area (Å²) in [5.41, 5.74) is 1.10. The van der Waals surface area contributed by atoms with Crippen LogP contribution in [0.5, 0.6) is 0 Å². The molecule has 0 N–H and O–H groups in total. The number of hydrogen-bond acceptors (Lipinski definition) is 6. The Bertz CT molecular complexity index is 1060. The van der Waals surface area contributed by atoms with E-state index in [1.54, 1.807) is 6.20 Å². The van der Waals surface area contributed by atoms with Gasteiger partial charge in [0.25, 0.3) is 0 Å². The van der Waals surface area contributed by atoms with Gasteiger partial charge in [-0.15, -0.1) is 16.4 Å². The summed E-state index contributed by atoms with van der Waals surface area (Å²) in [6, 6.07) is 2.52. The highest BCUT2D eigenvalue weighted by Gasteiger charge is 2.38. The van der Waals surface area contributed by atoms with Gasteiger partial charge >= 0.3 is 5.97 Å². The number of carbonyl (C=O) groups excluding carboxylic acids is 2. The number of ether oxygens (including phenoxy) is 1. The second-order valence-corrected chi connectivity index (χ2v) is 13.8. The molecule has 2 heterocycles. The molecule has 4 rings (SSSR count). The minimum Gasteiger partial charge on any atom is -0.465 e. The summed E-state index contributed by atoms with van der Waals surface area (Å²) in [6.07, 6.45) is 16.9. The Morgan fingerprint density at radius 2 is 1.82 bits per heavy atom. The van der Waals surface area contributed by atoms with Crippen LogP contribution in [0.4, 0.5) is 5.69 Å². The van der Waals surface area contributed by atoms with E-state index in [1.165, 1.54) is 36.2 Å². The summed E-state index contributed by atoms with van der Waals surface area (Å²) >= 11 is 1.52. The van der Waals surface area contributed by atoms with E-state index in [0.717, 1.165) is 76.3 Å². The molecule has 7 nitrogen and oxygen atoms in total. The largest absolute Gasteiger partial charge is 0.465 e. The SMILES string of the molecule is CCCC(C)(C)CCCc1cc(N(C(=O)C2CCC(C)CC2)C2CCC(n3ccnn3)CC2)c(C(=O)OC)s1. The van der Waals surface area contributed by atoms with E-state index in [-0.39, 0.29) is 23.8 Å². The number of esters is 1. The molecule has 2 aliphatic rings.